The normalized spacial score (nSPS) is 16.6. The number of rotatable bonds is 6. The van der Waals surface area contributed by atoms with E-state index in [9.17, 15) is 17.6 Å². The molecule has 2 aromatic carbocycles. The zero-order valence-electron chi connectivity index (χ0n) is 16.6. The summed E-state index contributed by atoms with van der Waals surface area (Å²) in [6, 6.07) is 11.4. The fourth-order valence-corrected chi connectivity index (χ4v) is 3.63. The molecule has 0 bridgehead atoms. The molecule has 0 radical (unpaired) electrons. The van der Waals surface area contributed by atoms with Crippen LogP contribution in [0.15, 0.2) is 60.4 Å². The number of hydrogen-bond donors (Lipinski definition) is 2. The molecule has 1 heterocycles. The third kappa shape index (κ3) is 5.73. The molecule has 3 rings (SSSR count). The molecule has 4 N–H and O–H groups in total. The van der Waals surface area contributed by atoms with Gasteiger partial charge in [0.05, 0.1) is 11.3 Å². The summed E-state index contributed by atoms with van der Waals surface area (Å²) in [7, 11) is 0. The Hall–Kier alpha value is -2.58. The number of nitrogens with two attached hydrogens (primary N) is 2. The number of halogens is 4. The van der Waals surface area contributed by atoms with Gasteiger partial charge in [0.1, 0.15) is 5.82 Å². The Morgan fingerprint density at radius 2 is 1.70 bits per heavy atom. The summed E-state index contributed by atoms with van der Waals surface area (Å²) in [4.78, 5) is 2.28. The van der Waals surface area contributed by atoms with Gasteiger partial charge in [0.15, 0.2) is 0 Å². The molecule has 0 saturated carbocycles. The number of alkyl halides is 3. The molecule has 1 aliphatic rings. The lowest BCUT2D eigenvalue weighted by molar-refractivity contribution is -0.137. The van der Waals surface area contributed by atoms with Crippen LogP contribution >= 0.6 is 0 Å². The van der Waals surface area contributed by atoms with Crippen LogP contribution in [-0.4, -0.2) is 24.5 Å². The molecule has 0 aromatic heterocycles. The number of benzene rings is 2. The fourth-order valence-electron chi connectivity index (χ4n) is 3.63. The van der Waals surface area contributed by atoms with Crippen LogP contribution in [0.1, 0.15) is 24.0 Å². The van der Waals surface area contributed by atoms with Gasteiger partial charge in [0, 0.05) is 24.4 Å². The van der Waals surface area contributed by atoms with E-state index in [1.807, 2.05) is 6.07 Å². The van der Waals surface area contributed by atoms with Crippen LogP contribution < -0.4 is 16.6 Å². The summed E-state index contributed by atoms with van der Waals surface area (Å²) in [6.45, 7) is 2.48. The first-order chi connectivity index (χ1) is 14.2. The Morgan fingerprint density at radius 1 is 1.07 bits per heavy atom. The maximum atomic E-state index is 13.7. The Kier molecular flexibility index (Phi) is 6.99. The van der Waals surface area contributed by atoms with Gasteiger partial charge in [-0.25, -0.2) is 10.2 Å². The molecule has 4 nitrogen and oxygen atoms in total. The van der Waals surface area contributed by atoms with Crippen LogP contribution in [0, 0.1) is 11.7 Å². The van der Waals surface area contributed by atoms with Gasteiger partial charge in [-0.15, -0.1) is 0 Å². The van der Waals surface area contributed by atoms with Crippen LogP contribution in [0.4, 0.5) is 23.2 Å². The fraction of sp³-hybridized carbons (Fsp3) is 0.364. The lowest BCUT2D eigenvalue weighted by Gasteiger charge is -2.32. The first-order valence-electron chi connectivity index (χ1n) is 9.88. The molecular formula is C22H26F4N4. The number of hydrazine groups is 1. The zero-order valence-corrected chi connectivity index (χ0v) is 16.6. The summed E-state index contributed by atoms with van der Waals surface area (Å²) in [6.07, 6.45) is -0.455. The second kappa shape index (κ2) is 9.49. The van der Waals surface area contributed by atoms with E-state index in [1.54, 1.807) is 18.3 Å². The van der Waals surface area contributed by atoms with Crippen LogP contribution in [0.5, 0.6) is 0 Å². The van der Waals surface area contributed by atoms with Crippen molar-refractivity contribution in [2.24, 2.45) is 17.5 Å². The molecule has 162 valence electrons. The van der Waals surface area contributed by atoms with E-state index in [0.29, 0.717) is 23.4 Å². The predicted molar refractivity (Wildman–Crippen MR) is 110 cm³/mol. The highest BCUT2D eigenvalue weighted by atomic mass is 19.4. The van der Waals surface area contributed by atoms with Gasteiger partial charge in [0.25, 0.3) is 0 Å². The van der Waals surface area contributed by atoms with Crippen LogP contribution in [0.3, 0.4) is 0 Å². The Morgan fingerprint density at radius 3 is 2.30 bits per heavy atom. The van der Waals surface area contributed by atoms with E-state index in [1.165, 1.54) is 23.2 Å². The van der Waals surface area contributed by atoms with Crippen molar-refractivity contribution in [3.63, 3.8) is 0 Å². The van der Waals surface area contributed by atoms with E-state index >= 15 is 0 Å². The highest BCUT2D eigenvalue weighted by Gasteiger charge is 2.30. The average molecular weight is 422 g/mol. The predicted octanol–water partition coefficient (Wildman–Crippen LogP) is 4.28. The van der Waals surface area contributed by atoms with Crippen molar-refractivity contribution in [3.05, 3.63) is 77.4 Å². The minimum atomic E-state index is -4.38. The van der Waals surface area contributed by atoms with E-state index in [4.69, 9.17) is 11.6 Å². The molecule has 1 fully saturated rings. The third-order valence-electron chi connectivity index (χ3n) is 5.50. The number of allylic oxidation sites excluding steroid dienone is 1. The number of nitrogens with zero attached hydrogens (tertiary/aromatic N) is 2. The Balaban J connectivity index is 1.51. The largest absolute Gasteiger partial charge is 0.416 e. The number of hydrogen-bond acceptors (Lipinski definition) is 4. The maximum Gasteiger partial charge on any atom is 0.416 e. The lowest BCUT2D eigenvalue weighted by atomic mass is 9.93. The molecular weight excluding hydrogens is 396 g/mol. The molecule has 8 heteroatoms. The molecule has 1 saturated heterocycles. The Bertz CT molecular complexity index is 856. The average Bonchev–Trinajstić information content (AvgIpc) is 2.73. The van der Waals surface area contributed by atoms with Crippen molar-refractivity contribution >= 4 is 5.69 Å². The lowest BCUT2D eigenvalue weighted by Crippen LogP contribution is -2.37. The number of anilines is 1. The number of likely N-dealkylation sites (tertiary alicyclic amines) is 1. The monoisotopic (exact) mass is 422 g/mol. The van der Waals surface area contributed by atoms with Crippen LogP contribution in [-0.2, 0) is 12.6 Å². The van der Waals surface area contributed by atoms with Gasteiger partial charge in [-0.3, -0.25) is 5.01 Å². The molecule has 0 aliphatic carbocycles. The van der Waals surface area contributed by atoms with E-state index in [2.05, 4.69) is 4.90 Å². The van der Waals surface area contributed by atoms with Gasteiger partial charge in [0.2, 0.25) is 0 Å². The van der Waals surface area contributed by atoms with Crippen molar-refractivity contribution in [2.45, 2.75) is 25.4 Å². The smallest absolute Gasteiger partial charge is 0.401 e. The molecule has 0 spiro atoms. The second-order valence-corrected chi connectivity index (χ2v) is 7.54. The standard InChI is InChI=1S/C22H26F4N4/c23-20-4-2-1-3-16(20)9-12-29-13-10-17(11-14-29)21(27)15-30(28)19-7-5-18(6-8-19)22(24,25)26/h1-8,15,17H,9-14,27-28H2/b21-15-. The molecule has 2 aromatic rings. The van der Waals surface area contributed by atoms with Gasteiger partial charge in [-0.1, -0.05) is 18.2 Å². The minimum absolute atomic E-state index is 0.148. The minimum Gasteiger partial charge on any atom is -0.401 e. The summed E-state index contributed by atoms with van der Waals surface area (Å²) in [5.41, 5.74) is 7.23. The second-order valence-electron chi connectivity index (χ2n) is 7.54. The zero-order chi connectivity index (χ0) is 21.7. The first-order valence-corrected chi connectivity index (χ1v) is 9.88. The van der Waals surface area contributed by atoms with Crippen LogP contribution in [0.2, 0.25) is 0 Å². The van der Waals surface area contributed by atoms with Gasteiger partial charge in [-0.05, 0) is 68.2 Å². The van der Waals surface area contributed by atoms with Crippen molar-refractivity contribution in [1.29, 1.82) is 0 Å². The van der Waals surface area contributed by atoms with E-state index < -0.39 is 11.7 Å². The third-order valence-corrected chi connectivity index (χ3v) is 5.50. The Labute approximate surface area is 173 Å². The van der Waals surface area contributed by atoms with Crippen molar-refractivity contribution < 1.29 is 17.6 Å². The van der Waals surface area contributed by atoms with E-state index in [-0.39, 0.29) is 11.7 Å². The molecule has 0 atom stereocenters. The highest BCUT2D eigenvalue weighted by molar-refractivity contribution is 5.49. The highest BCUT2D eigenvalue weighted by Crippen LogP contribution is 2.30. The SMILES string of the molecule is N/C(=C\N(N)c1ccc(C(F)(F)F)cc1)C1CCN(CCc2ccccc2F)CC1. The first kappa shape index (κ1) is 22.1. The summed E-state index contributed by atoms with van der Waals surface area (Å²) < 4.78 is 51.8. The summed E-state index contributed by atoms with van der Waals surface area (Å²) >= 11 is 0. The molecule has 0 unspecified atom stereocenters. The van der Waals surface area contributed by atoms with Crippen molar-refractivity contribution in [1.82, 2.24) is 4.90 Å². The number of piperidine rings is 1. The molecule has 1 aliphatic heterocycles. The maximum absolute atomic E-state index is 13.7. The van der Waals surface area contributed by atoms with E-state index in [0.717, 1.165) is 44.6 Å². The van der Waals surface area contributed by atoms with Gasteiger partial charge in [-0.2, -0.15) is 13.2 Å². The van der Waals surface area contributed by atoms with Crippen molar-refractivity contribution in [2.75, 3.05) is 24.6 Å². The van der Waals surface area contributed by atoms with Crippen molar-refractivity contribution in [3.8, 4) is 0 Å². The topological polar surface area (TPSA) is 58.5 Å². The van der Waals surface area contributed by atoms with Gasteiger partial charge >= 0.3 is 6.18 Å². The van der Waals surface area contributed by atoms with Crippen LogP contribution in [0.25, 0.3) is 0 Å². The molecule has 30 heavy (non-hydrogen) atoms. The van der Waals surface area contributed by atoms with Gasteiger partial charge < -0.3 is 10.6 Å². The molecule has 0 amide bonds. The summed E-state index contributed by atoms with van der Waals surface area (Å²) in [5.74, 6) is 5.94. The quantitative estimate of drug-likeness (QED) is 0.415. The summed E-state index contributed by atoms with van der Waals surface area (Å²) in [5, 5.41) is 1.25.